The fourth-order valence-corrected chi connectivity index (χ4v) is 2.57. The number of rotatable bonds is 5. The lowest BCUT2D eigenvalue weighted by Crippen LogP contribution is -2.41. The lowest BCUT2D eigenvalue weighted by molar-refractivity contribution is -0.123. The van der Waals surface area contributed by atoms with E-state index in [1.165, 1.54) is 0 Å². The molecule has 1 aromatic heterocycles. The van der Waals surface area contributed by atoms with E-state index in [9.17, 15) is 4.79 Å². The van der Waals surface area contributed by atoms with Crippen LogP contribution in [0.5, 0.6) is 0 Å². The van der Waals surface area contributed by atoms with Crippen molar-refractivity contribution >= 4 is 18.3 Å². The van der Waals surface area contributed by atoms with Crippen molar-refractivity contribution in [3.05, 3.63) is 47.6 Å². The van der Waals surface area contributed by atoms with Crippen LogP contribution in [0.25, 0.3) is 0 Å². The van der Waals surface area contributed by atoms with Gasteiger partial charge in [-0.2, -0.15) is 4.98 Å². The molecule has 1 aliphatic heterocycles. The van der Waals surface area contributed by atoms with E-state index in [2.05, 4.69) is 20.8 Å². The van der Waals surface area contributed by atoms with Gasteiger partial charge in [0.05, 0.1) is 18.5 Å². The number of halogens is 1. The Balaban J connectivity index is 0.00000192. The maximum Gasteiger partial charge on any atom is 0.237 e. The van der Waals surface area contributed by atoms with Crippen LogP contribution in [-0.2, 0) is 11.2 Å². The standard InChI is InChI=1S/C16H20N4O2.ClH/c1-11(18-16(21)13-8-5-9-17-13)15-19-14(22-20-15)10-12-6-3-2-4-7-12;/h2-4,6-7,11,13,17H,5,8-10H2,1H3,(H,18,21);1H. The third-order valence-corrected chi connectivity index (χ3v) is 3.80. The molecule has 0 spiro atoms. The second-order valence-corrected chi connectivity index (χ2v) is 5.59. The first kappa shape index (κ1) is 17.4. The summed E-state index contributed by atoms with van der Waals surface area (Å²) in [5, 5.41) is 10.1. The molecule has 2 N–H and O–H groups in total. The average Bonchev–Trinajstić information content (AvgIpc) is 3.19. The number of amides is 1. The zero-order chi connectivity index (χ0) is 15.4. The van der Waals surface area contributed by atoms with Crippen LogP contribution in [0.3, 0.4) is 0 Å². The molecule has 3 rings (SSSR count). The van der Waals surface area contributed by atoms with Crippen molar-refractivity contribution in [2.24, 2.45) is 0 Å². The van der Waals surface area contributed by atoms with Crippen molar-refractivity contribution < 1.29 is 9.32 Å². The summed E-state index contributed by atoms with van der Waals surface area (Å²) in [4.78, 5) is 16.4. The first-order valence-electron chi connectivity index (χ1n) is 7.62. The van der Waals surface area contributed by atoms with Gasteiger partial charge in [0.15, 0.2) is 5.82 Å². The highest BCUT2D eigenvalue weighted by molar-refractivity contribution is 5.85. The second-order valence-electron chi connectivity index (χ2n) is 5.59. The minimum absolute atomic E-state index is 0. The Hall–Kier alpha value is -1.92. The van der Waals surface area contributed by atoms with Gasteiger partial charge in [-0.3, -0.25) is 4.79 Å². The van der Waals surface area contributed by atoms with E-state index in [0.717, 1.165) is 24.9 Å². The van der Waals surface area contributed by atoms with Gasteiger partial charge in [-0.15, -0.1) is 12.4 Å². The van der Waals surface area contributed by atoms with Crippen molar-refractivity contribution in [2.75, 3.05) is 6.54 Å². The number of hydrogen-bond acceptors (Lipinski definition) is 5. The number of hydrogen-bond donors (Lipinski definition) is 2. The van der Waals surface area contributed by atoms with Crippen LogP contribution in [0.2, 0.25) is 0 Å². The van der Waals surface area contributed by atoms with Crippen molar-refractivity contribution in [3.63, 3.8) is 0 Å². The summed E-state index contributed by atoms with van der Waals surface area (Å²) in [7, 11) is 0. The number of benzene rings is 1. The molecule has 0 radical (unpaired) electrons. The van der Waals surface area contributed by atoms with Crippen LogP contribution in [0.15, 0.2) is 34.9 Å². The van der Waals surface area contributed by atoms with Crippen LogP contribution in [-0.4, -0.2) is 28.6 Å². The lowest BCUT2D eigenvalue weighted by atomic mass is 10.1. The molecule has 2 unspecified atom stereocenters. The quantitative estimate of drug-likeness (QED) is 0.873. The molecule has 1 fully saturated rings. The van der Waals surface area contributed by atoms with E-state index in [1.54, 1.807) is 0 Å². The molecule has 7 heteroatoms. The first-order chi connectivity index (χ1) is 10.7. The van der Waals surface area contributed by atoms with Gasteiger partial charge in [-0.1, -0.05) is 35.5 Å². The zero-order valence-electron chi connectivity index (χ0n) is 13.0. The molecule has 2 atom stereocenters. The Bertz CT molecular complexity index is 626. The summed E-state index contributed by atoms with van der Waals surface area (Å²) in [5.41, 5.74) is 1.12. The molecule has 1 saturated heterocycles. The molecule has 1 aliphatic rings. The third kappa shape index (κ3) is 4.53. The largest absolute Gasteiger partial charge is 0.345 e. The van der Waals surface area contributed by atoms with E-state index in [0.29, 0.717) is 18.1 Å². The lowest BCUT2D eigenvalue weighted by Gasteiger charge is -2.14. The molecular formula is C16H21ClN4O2. The minimum atomic E-state index is -0.261. The summed E-state index contributed by atoms with van der Waals surface area (Å²) in [6.45, 7) is 2.76. The van der Waals surface area contributed by atoms with E-state index < -0.39 is 0 Å². The summed E-state index contributed by atoms with van der Waals surface area (Å²) in [6, 6.07) is 9.59. The molecule has 1 aromatic carbocycles. The van der Waals surface area contributed by atoms with Gasteiger partial charge in [-0.25, -0.2) is 0 Å². The normalized spacial score (nSPS) is 18.2. The number of nitrogens with one attached hydrogen (secondary N) is 2. The minimum Gasteiger partial charge on any atom is -0.345 e. The fourth-order valence-electron chi connectivity index (χ4n) is 2.57. The van der Waals surface area contributed by atoms with Crippen molar-refractivity contribution in [2.45, 2.75) is 38.3 Å². The highest BCUT2D eigenvalue weighted by Crippen LogP contribution is 2.13. The van der Waals surface area contributed by atoms with Crippen LogP contribution >= 0.6 is 12.4 Å². The molecule has 6 nitrogen and oxygen atoms in total. The molecule has 2 aromatic rings. The number of carbonyl (C=O) groups excluding carboxylic acids is 1. The summed E-state index contributed by atoms with van der Waals surface area (Å²) in [5.74, 6) is 1.07. The smallest absolute Gasteiger partial charge is 0.237 e. The molecule has 1 amide bonds. The Labute approximate surface area is 141 Å². The molecular weight excluding hydrogens is 316 g/mol. The highest BCUT2D eigenvalue weighted by Gasteiger charge is 2.24. The maximum absolute atomic E-state index is 12.1. The van der Waals surface area contributed by atoms with Crippen molar-refractivity contribution in [1.82, 2.24) is 20.8 Å². The fraction of sp³-hybridized carbons (Fsp3) is 0.438. The molecule has 0 aliphatic carbocycles. The molecule has 0 saturated carbocycles. The van der Waals surface area contributed by atoms with E-state index in [4.69, 9.17) is 4.52 Å². The monoisotopic (exact) mass is 336 g/mol. The number of carbonyl (C=O) groups is 1. The topological polar surface area (TPSA) is 80.0 Å². The third-order valence-electron chi connectivity index (χ3n) is 3.80. The van der Waals surface area contributed by atoms with Crippen LogP contribution in [0.1, 0.15) is 43.1 Å². The predicted octanol–water partition coefficient (Wildman–Crippen LogP) is 2.01. The summed E-state index contributed by atoms with van der Waals surface area (Å²) in [6.07, 6.45) is 2.51. The van der Waals surface area contributed by atoms with Gasteiger partial charge in [0, 0.05) is 0 Å². The van der Waals surface area contributed by atoms with Gasteiger partial charge < -0.3 is 15.2 Å². The molecule has 124 valence electrons. The predicted molar refractivity (Wildman–Crippen MR) is 88.4 cm³/mol. The highest BCUT2D eigenvalue weighted by atomic mass is 35.5. The van der Waals surface area contributed by atoms with E-state index >= 15 is 0 Å². The van der Waals surface area contributed by atoms with E-state index in [-0.39, 0.29) is 30.4 Å². The van der Waals surface area contributed by atoms with Gasteiger partial charge in [0.2, 0.25) is 11.8 Å². The van der Waals surface area contributed by atoms with Crippen LogP contribution in [0, 0.1) is 0 Å². The SMILES string of the molecule is CC(NC(=O)C1CCCN1)c1noc(Cc2ccccc2)n1.Cl. The van der Waals surface area contributed by atoms with Gasteiger partial charge in [0.1, 0.15) is 0 Å². The van der Waals surface area contributed by atoms with Gasteiger partial charge in [0.25, 0.3) is 0 Å². The molecule has 0 bridgehead atoms. The Kier molecular flexibility index (Phi) is 6.12. The van der Waals surface area contributed by atoms with Gasteiger partial charge >= 0.3 is 0 Å². The van der Waals surface area contributed by atoms with Crippen LogP contribution in [0.4, 0.5) is 0 Å². The number of aromatic nitrogens is 2. The molecule has 2 heterocycles. The number of nitrogens with zero attached hydrogens (tertiary/aromatic N) is 2. The Morgan fingerprint density at radius 2 is 2.22 bits per heavy atom. The van der Waals surface area contributed by atoms with Gasteiger partial charge in [-0.05, 0) is 31.9 Å². The summed E-state index contributed by atoms with van der Waals surface area (Å²) >= 11 is 0. The van der Waals surface area contributed by atoms with Crippen molar-refractivity contribution in [1.29, 1.82) is 0 Å². The first-order valence-corrected chi connectivity index (χ1v) is 7.62. The van der Waals surface area contributed by atoms with Crippen LogP contribution < -0.4 is 10.6 Å². The maximum atomic E-state index is 12.1. The van der Waals surface area contributed by atoms with E-state index in [1.807, 2.05) is 37.3 Å². The average molecular weight is 337 g/mol. The zero-order valence-corrected chi connectivity index (χ0v) is 13.8. The Morgan fingerprint density at radius 3 is 2.91 bits per heavy atom. The second kappa shape index (κ2) is 8.08. The Morgan fingerprint density at radius 1 is 1.43 bits per heavy atom. The summed E-state index contributed by atoms with van der Waals surface area (Å²) < 4.78 is 5.27. The molecule has 23 heavy (non-hydrogen) atoms. The van der Waals surface area contributed by atoms with Crippen molar-refractivity contribution in [3.8, 4) is 0 Å².